The second kappa shape index (κ2) is 5.64. The Bertz CT molecular complexity index is 597. The summed E-state index contributed by atoms with van der Waals surface area (Å²) >= 11 is 0. The first kappa shape index (κ1) is 14.6. The number of hydrogen-bond donors (Lipinski definition) is 2. The van der Waals surface area contributed by atoms with E-state index in [0.29, 0.717) is 17.8 Å². The van der Waals surface area contributed by atoms with E-state index in [9.17, 15) is 9.50 Å². The Kier molecular flexibility index (Phi) is 4.11. The molecule has 2 aromatic rings. The molecule has 0 aliphatic heterocycles. The maximum absolute atomic E-state index is 13.4. The van der Waals surface area contributed by atoms with Gasteiger partial charge in [-0.15, -0.1) is 0 Å². The van der Waals surface area contributed by atoms with Crippen LogP contribution in [0.2, 0.25) is 0 Å². The lowest BCUT2D eigenvalue weighted by Crippen LogP contribution is -2.22. The molecule has 20 heavy (non-hydrogen) atoms. The van der Waals surface area contributed by atoms with Crippen molar-refractivity contribution in [3.05, 3.63) is 47.8 Å². The van der Waals surface area contributed by atoms with Crippen LogP contribution in [0.15, 0.2) is 30.6 Å². The minimum absolute atomic E-state index is 0.142. The van der Waals surface area contributed by atoms with Crippen LogP contribution in [0.25, 0.3) is 11.1 Å². The average molecular weight is 275 g/mol. The lowest BCUT2D eigenvalue weighted by molar-refractivity contribution is 0.0436. The van der Waals surface area contributed by atoms with E-state index in [1.54, 1.807) is 31.5 Å². The number of nitrogens with zero attached hydrogens (tertiary/aromatic N) is 2. The number of nitrogens with two attached hydrogens (primary N) is 1. The third kappa shape index (κ3) is 2.84. The summed E-state index contributed by atoms with van der Waals surface area (Å²) in [6.07, 6.45) is 3.78. The molecule has 1 unspecified atom stereocenters. The van der Waals surface area contributed by atoms with Crippen LogP contribution in [0.4, 0.5) is 4.39 Å². The van der Waals surface area contributed by atoms with Gasteiger partial charge in [-0.1, -0.05) is 13.0 Å². The largest absolute Gasteiger partial charge is 0.382 e. The average Bonchev–Trinajstić information content (AvgIpc) is 2.48. The maximum Gasteiger partial charge on any atom is 0.159 e. The Morgan fingerprint density at radius 3 is 2.45 bits per heavy atom. The van der Waals surface area contributed by atoms with Gasteiger partial charge in [-0.3, -0.25) is 0 Å². The van der Waals surface area contributed by atoms with E-state index in [2.05, 4.69) is 9.97 Å². The van der Waals surface area contributed by atoms with Crippen molar-refractivity contribution in [1.29, 1.82) is 0 Å². The van der Waals surface area contributed by atoms with E-state index < -0.39 is 5.60 Å². The van der Waals surface area contributed by atoms with Crippen LogP contribution in [0.1, 0.15) is 31.7 Å². The summed E-state index contributed by atoms with van der Waals surface area (Å²) in [6, 6.07) is 4.73. The molecule has 0 saturated heterocycles. The Morgan fingerprint density at radius 1 is 1.25 bits per heavy atom. The second-order valence-corrected chi connectivity index (χ2v) is 4.93. The smallest absolute Gasteiger partial charge is 0.159 e. The highest BCUT2D eigenvalue weighted by Crippen LogP contribution is 2.24. The van der Waals surface area contributed by atoms with Crippen molar-refractivity contribution in [2.45, 2.75) is 32.4 Å². The fourth-order valence-corrected chi connectivity index (χ4v) is 1.82. The van der Waals surface area contributed by atoms with Crippen molar-refractivity contribution in [2.24, 2.45) is 5.73 Å². The molecule has 1 aromatic heterocycles. The van der Waals surface area contributed by atoms with Gasteiger partial charge in [0.15, 0.2) is 5.82 Å². The van der Waals surface area contributed by atoms with E-state index in [-0.39, 0.29) is 12.4 Å². The van der Waals surface area contributed by atoms with Gasteiger partial charge in [0.05, 0.1) is 0 Å². The fourth-order valence-electron chi connectivity index (χ4n) is 1.82. The molecule has 0 spiro atoms. The first-order valence-corrected chi connectivity index (χ1v) is 6.51. The molecular formula is C15H18FN3O. The molecule has 2 rings (SSSR count). The van der Waals surface area contributed by atoms with Crippen LogP contribution in [-0.4, -0.2) is 15.1 Å². The predicted molar refractivity (Wildman–Crippen MR) is 75.2 cm³/mol. The van der Waals surface area contributed by atoms with Crippen molar-refractivity contribution >= 4 is 0 Å². The molecule has 106 valence electrons. The maximum atomic E-state index is 13.4. The van der Waals surface area contributed by atoms with Gasteiger partial charge >= 0.3 is 0 Å². The molecule has 1 atom stereocenters. The van der Waals surface area contributed by atoms with Crippen molar-refractivity contribution in [2.75, 3.05) is 0 Å². The number of benzene rings is 1. The summed E-state index contributed by atoms with van der Waals surface area (Å²) in [6.45, 7) is 3.68. The van der Waals surface area contributed by atoms with Crippen molar-refractivity contribution in [3.63, 3.8) is 0 Å². The quantitative estimate of drug-likeness (QED) is 0.898. The van der Waals surface area contributed by atoms with Gasteiger partial charge in [0.2, 0.25) is 0 Å². The molecule has 0 radical (unpaired) electrons. The Morgan fingerprint density at radius 2 is 1.90 bits per heavy atom. The molecule has 1 heterocycles. The number of aliphatic hydroxyl groups is 1. The summed E-state index contributed by atoms with van der Waals surface area (Å²) in [5, 5.41) is 10.1. The molecule has 3 N–H and O–H groups in total. The van der Waals surface area contributed by atoms with Gasteiger partial charge in [0.25, 0.3) is 0 Å². The fraction of sp³-hybridized carbons (Fsp3) is 0.333. The first-order chi connectivity index (χ1) is 9.47. The van der Waals surface area contributed by atoms with E-state index in [4.69, 9.17) is 5.73 Å². The minimum atomic E-state index is -1.04. The van der Waals surface area contributed by atoms with Gasteiger partial charge in [-0.25, -0.2) is 14.4 Å². The molecule has 0 aliphatic rings. The van der Waals surface area contributed by atoms with Crippen LogP contribution in [-0.2, 0) is 12.1 Å². The van der Waals surface area contributed by atoms with Crippen LogP contribution < -0.4 is 5.73 Å². The predicted octanol–water partition coefficient (Wildman–Crippen LogP) is 2.36. The number of aromatic nitrogens is 2. The van der Waals surface area contributed by atoms with Gasteiger partial charge in [0.1, 0.15) is 11.4 Å². The molecule has 0 bridgehead atoms. The highest BCUT2D eigenvalue weighted by atomic mass is 19.1. The normalized spacial score (nSPS) is 14.1. The topological polar surface area (TPSA) is 72.0 Å². The third-order valence-corrected chi connectivity index (χ3v) is 3.42. The zero-order valence-electron chi connectivity index (χ0n) is 11.6. The van der Waals surface area contributed by atoms with E-state index in [1.165, 1.54) is 6.07 Å². The highest BCUT2D eigenvalue weighted by molar-refractivity contribution is 5.62. The third-order valence-electron chi connectivity index (χ3n) is 3.42. The molecule has 0 amide bonds. The minimum Gasteiger partial charge on any atom is -0.382 e. The standard InChI is InChI=1S/C15H18FN3O/c1-3-15(2,20)14-18-8-12(9-19-14)10-4-5-13(16)11(6-10)7-17/h4-6,8-9,20H,3,7,17H2,1-2H3. The molecule has 0 saturated carbocycles. The lowest BCUT2D eigenvalue weighted by Gasteiger charge is -2.19. The molecule has 0 fully saturated rings. The molecule has 0 aliphatic carbocycles. The van der Waals surface area contributed by atoms with E-state index >= 15 is 0 Å². The van der Waals surface area contributed by atoms with Crippen LogP contribution in [0.5, 0.6) is 0 Å². The number of halogens is 1. The van der Waals surface area contributed by atoms with Gasteiger partial charge < -0.3 is 10.8 Å². The van der Waals surface area contributed by atoms with E-state index in [1.807, 2.05) is 6.92 Å². The summed E-state index contributed by atoms with van der Waals surface area (Å²) in [5.74, 6) is 0.0626. The zero-order valence-corrected chi connectivity index (χ0v) is 11.6. The van der Waals surface area contributed by atoms with Crippen LogP contribution in [0.3, 0.4) is 0 Å². The monoisotopic (exact) mass is 275 g/mol. The summed E-state index contributed by atoms with van der Waals surface area (Å²) < 4.78 is 13.4. The Labute approximate surface area is 117 Å². The summed E-state index contributed by atoms with van der Waals surface area (Å²) in [5.41, 5.74) is 6.47. The lowest BCUT2D eigenvalue weighted by atomic mass is 10.0. The van der Waals surface area contributed by atoms with Gasteiger partial charge in [0, 0.05) is 30.1 Å². The van der Waals surface area contributed by atoms with Gasteiger partial charge in [-0.2, -0.15) is 0 Å². The molecule has 1 aromatic carbocycles. The first-order valence-electron chi connectivity index (χ1n) is 6.51. The van der Waals surface area contributed by atoms with Crippen LogP contribution >= 0.6 is 0 Å². The highest BCUT2D eigenvalue weighted by Gasteiger charge is 2.23. The molecule has 4 nitrogen and oxygen atoms in total. The van der Waals surface area contributed by atoms with E-state index in [0.717, 1.165) is 11.1 Å². The van der Waals surface area contributed by atoms with Crippen molar-refractivity contribution in [1.82, 2.24) is 9.97 Å². The Hall–Kier alpha value is -1.85. The number of rotatable bonds is 4. The summed E-state index contributed by atoms with van der Waals surface area (Å²) in [7, 11) is 0. The molecular weight excluding hydrogens is 257 g/mol. The Balaban J connectivity index is 2.35. The second-order valence-electron chi connectivity index (χ2n) is 4.93. The van der Waals surface area contributed by atoms with Gasteiger partial charge in [-0.05, 0) is 31.0 Å². The SMILES string of the molecule is CCC(C)(O)c1ncc(-c2ccc(F)c(CN)c2)cn1. The van der Waals surface area contributed by atoms with Crippen LogP contribution in [0, 0.1) is 5.82 Å². The number of hydrogen-bond acceptors (Lipinski definition) is 4. The zero-order chi connectivity index (χ0) is 14.8. The van der Waals surface area contributed by atoms with Crippen molar-refractivity contribution in [3.8, 4) is 11.1 Å². The van der Waals surface area contributed by atoms with Crippen molar-refractivity contribution < 1.29 is 9.50 Å². The molecule has 5 heteroatoms. The summed E-state index contributed by atoms with van der Waals surface area (Å²) in [4.78, 5) is 8.38.